The maximum Gasteiger partial charge on any atom is 0.494 e. The zero-order valence-electron chi connectivity index (χ0n) is 32.7. The summed E-state index contributed by atoms with van der Waals surface area (Å²) < 4.78 is 43.3. The lowest BCUT2D eigenvalue weighted by molar-refractivity contribution is -0.384. The number of halogens is 1. The molecule has 0 saturated carbocycles. The van der Waals surface area contributed by atoms with E-state index in [1.807, 2.05) is 44.1 Å². The number of nitrogen functional groups attached to an aromatic ring is 1. The quantitative estimate of drug-likeness (QED) is 0.0508. The summed E-state index contributed by atoms with van der Waals surface area (Å²) >= 11 is 0. The number of nitro groups is 1. The van der Waals surface area contributed by atoms with E-state index in [4.69, 9.17) is 38.7 Å². The summed E-state index contributed by atoms with van der Waals surface area (Å²) in [5.74, 6) is -0.396. The van der Waals surface area contributed by atoms with Crippen LogP contribution < -0.4 is 38.5 Å². The number of aryl methyl sites for hydroxylation is 1. The molecule has 0 saturated heterocycles. The number of nitrogens with zero attached hydrogens (tertiary/aromatic N) is 1. The van der Waals surface area contributed by atoms with Crippen LogP contribution in [-0.2, 0) is 67.6 Å². The van der Waals surface area contributed by atoms with Crippen LogP contribution in [0.25, 0.3) is 0 Å². The molecular formula is C38H39B6FN2O13. The zero-order chi connectivity index (χ0) is 42.7. The first-order valence-electron chi connectivity index (χ1n) is 19.1. The van der Waals surface area contributed by atoms with Crippen LogP contribution in [0.3, 0.4) is 0 Å². The van der Waals surface area contributed by atoms with Gasteiger partial charge in [0.05, 0.1) is 44.6 Å². The van der Waals surface area contributed by atoms with Crippen molar-refractivity contribution in [1.82, 2.24) is 0 Å². The van der Waals surface area contributed by atoms with E-state index in [0.717, 1.165) is 49.8 Å². The van der Waals surface area contributed by atoms with Gasteiger partial charge in [-0.2, -0.15) is 0 Å². The number of anilines is 1. The molecule has 15 nitrogen and oxygen atoms in total. The molecule has 60 heavy (non-hydrogen) atoms. The van der Waals surface area contributed by atoms with E-state index in [9.17, 15) is 34.6 Å². The Kier molecular flexibility index (Phi) is 13.6. The van der Waals surface area contributed by atoms with Crippen LogP contribution in [-0.4, -0.2) is 72.6 Å². The van der Waals surface area contributed by atoms with Crippen molar-refractivity contribution in [2.24, 2.45) is 0 Å². The molecule has 7 N–H and O–H groups in total. The van der Waals surface area contributed by atoms with Gasteiger partial charge in [-0.3, -0.25) is 10.1 Å². The first kappa shape index (κ1) is 43.3. The molecule has 0 spiro atoms. The Morgan fingerprint density at radius 1 is 0.567 bits per heavy atom. The molecule has 0 unspecified atom stereocenters. The average Bonchev–Trinajstić information content (AvgIpc) is 4.11. The second-order valence-electron chi connectivity index (χ2n) is 14.6. The van der Waals surface area contributed by atoms with Crippen molar-refractivity contribution < 1.29 is 62.4 Å². The van der Waals surface area contributed by atoms with Crippen molar-refractivity contribution >= 4 is 86.7 Å². The number of nitrogens with two attached hydrogens (primary N) is 1. The molecule has 0 bridgehead atoms. The van der Waals surface area contributed by atoms with Crippen molar-refractivity contribution in [2.45, 2.75) is 53.4 Å². The fourth-order valence-electron chi connectivity index (χ4n) is 7.41. The molecule has 6 aliphatic heterocycles. The molecule has 0 aromatic heterocycles. The lowest BCUT2D eigenvalue weighted by Gasteiger charge is -2.03. The van der Waals surface area contributed by atoms with Gasteiger partial charge in [0.15, 0.2) is 0 Å². The average molecular weight is 816 g/mol. The Labute approximate surface area is 347 Å². The maximum absolute atomic E-state index is 12.9. The number of non-ortho nitro benzene ring substituents is 1. The van der Waals surface area contributed by atoms with Gasteiger partial charge >= 0.3 is 42.5 Å². The van der Waals surface area contributed by atoms with Crippen molar-refractivity contribution in [3.05, 3.63) is 140 Å². The highest BCUT2D eigenvalue weighted by molar-refractivity contribution is 6.68. The minimum absolute atomic E-state index is 0.0247. The second kappa shape index (κ2) is 18.8. The number of rotatable bonds is 1. The predicted octanol–water partition coefficient (Wildman–Crippen LogP) is -1.18. The van der Waals surface area contributed by atoms with Crippen LogP contribution in [0.15, 0.2) is 84.9 Å². The van der Waals surface area contributed by atoms with Gasteiger partial charge in [0.1, 0.15) is 5.82 Å². The summed E-state index contributed by atoms with van der Waals surface area (Å²) in [6.07, 6.45) is 0. The van der Waals surface area contributed by atoms with E-state index < -0.39 is 46.3 Å². The van der Waals surface area contributed by atoms with Gasteiger partial charge in [-0.25, -0.2) is 4.39 Å². The largest absolute Gasteiger partial charge is 0.494 e. The number of hydrogen-bond donors (Lipinski definition) is 6. The van der Waals surface area contributed by atoms with Gasteiger partial charge < -0.3 is 58.8 Å². The third-order valence-corrected chi connectivity index (χ3v) is 10.7. The fraction of sp³-hybridized carbons (Fsp3) is 0.211. The van der Waals surface area contributed by atoms with Gasteiger partial charge in [-0.05, 0) is 85.8 Å². The Morgan fingerprint density at radius 2 is 1.03 bits per heavy atom. The SMILES string of the molecule is CB1OCc2cc3c(cc21)COB3O.Cc1cccc2c1B(O)OC2.Nc1ccc2c(c1)B(O)OC2.O=[N+]([O-])c1ccc2c(c1)B(O)OC2.OB1OCc2cccc(F)c21. The van der Waals surface area contributed by atoms with Crippen molar-refractivity contribution in [1.29, 1.82) is 0 Å². The molecule has 304 valence electrons. The van der Waals surface area contributed by atoms with Crippen LogP contribution in [0.2, 0.25) is 6.82 Å². The van der Waals surface area contributed by atoms with Gasteiger partial charge in [0, 0.05) is 23.3 Å². The number of fused-ring (bicyclic) bond motifs is 6. The lowest BCUT2D eigenvalue weighted by atomic mass is 9.62. The molecule has 0 fully saturated rings. The molecule has 0 aliphatic carbocycles. The minimum Gasteiger partial charge on any atom is -0.427 e. The molecule has 6 aliphatic rings. The van der Waals surface area contributed by atoms with Crippen molar-refractivity contribution in [2.75, 3.05) is 5.73 Å². The number of nitro benzene ring substituents is 1. The Morgan fingerprint density at radius 3 is 1.65 bits per heavy atom. The first-order chi connectivity index (χ1) is 28.8. The van der Waals surface area contributed by atoms with Gasteiger partial charge in [-0.1, -0.05) is 67.0 Å². The smallest absolute Gasteiger partial charge is 0.427 e. The molecule has 5 aromatic carbocycles. The normalized spacial score (nSPS) is 15.9. The molecule has 0 atom stereocenters. The third kappa shape index (κ3) is 9.54. The summed E-state index contributed by atoms with van der Waals surface area (Å²) in [6.45, 7) is 7.00. The highest BCUT2D eigenvalue weighted by atomic mass is 19.1. The van der Waals surface area contributed by atoms with Gasteiger partial charge in [0.2, 0.25) is 0 Å². The van der Waals surface area contributed by atoms with E-state index in [2.05, 4.69) is 6.07 Å². The summed E-state index contributed by atoms with van der Waals surface area (Å²) in [7, 11) is -4.33. The topological polar surface area (TPSA) is 226 Å². The molecule has 0 amide bonds. The number of hydrogen-bond acceptors (Lipinski definition) is 14. The van der Waals surface area contributed by atoms with Crippen LogP contribution in [0.1, 0.15) is 38.9 Å². The molecule has 22 heteroatoms. The van der Waals surface area contributed by atoms with Crippen LogP contribution in [0, 0.1) is 22.9 Å². The number of benzene rings is 5. The zero-order valence-corrected chi connectivity index (χ0v) is 32.7. The lowest BCUT2D eigenvalue weighted by Crippen LogP contribution is -2.32. The monoisotopic (exact) mass is 816 g/mol. The maximum atomic E-state index is 12.9. The molecule has 6 heterocycles. The van der Waals surface area contributed by atoms with Crippen LogP contribution in [0.4, 0.5) is 15.8 Å². The molecule has 0 radical (unpaired) electrons. The summed E-state index contributed by atoms with van der Waals surface area (Å²) in [5.41, 5.74) is 17.9. The summed E-state index contributed by atoms with van der Waals surface area (Å²) in [4.78, 5) is 9.90. The Balaban J connectivity index is 0.000000114. The fourth-order valence-corrected chi connectivity index (χ4v) is 7.41. The van der Waals surface area contributed by atoms with Crippen molar-refractivity contribution in [3.8, 4) is 0 Å². The van der Waals surface area contributed by atoms with Crippen LogP contribution in [0.5, 0.6) is 0 Å². The van der Waals surface area contributed by atoms with Crippen molar-refractivity contribution in [3.63, 3.8) is 0 Å². The molecule has 5 aromatic rings. The standard InChI is InChI=1S/C9H10B2O3.C8H9BO2.C7H6BFO2.C7H6BNO4.C7H8BNO2/c1-10-8-2-7-5-14-11(12)9(7)3-6(8)4-13-10;1-6-3-2-4-7-5-11-9(10)8(6)7;9-6-3-1-2-5-4-11-8(10)7(5)6;10-8-7-3-6(9(11)12)2-1-5(7)4-13-8;9-6-2-1-5-4-11-8(10)7(5)3-6/h2-3,12H,4-5H2,1H3;2-4,10H,5H2,1H3;1-3,10H,4H2;1-3,10H,4H2;1-3,10H,4,9H2. The first-order valence-corrected chi connectivity index (χ1v) is 19.1. The van der Waals surface area contributed by atoms with E-state index >= 15 is 0 Å². The highest BCUT2D eigenvalue weighted by Gasteiger charge is 2.33. The molecule has 11 rings (SSSR count). The van der Waals surface area contributed by atoms with Gasteiger partial charge in [0.25, 0.3) is 5.69 Å². The highest BCUT2D eigenvalue weighted by Crippen LogP contribution is 2.18. The van der Waals surface area contributed by atoms with Gasteiger partial charge in [-0.15, -0.1) is 0 Å². The van der Waals surface area contributed by atoms with E-state index in [1.165, 1.54) is 29.2 Å². The predicted molar refractivity (Wildman–Crippen MR) is 226 cm³/mol. The van der Waals surface area contributed by atoms with E-state index in [-0.39, 0.29) is 18.1 Å². The Bertz CT molecular complexity index is 2290. The third-order valence-electron chi connectivity index (χ3n) is 10.7. The van der Waals surface area contributed by atoms with E-state index in [0.29, 0.717) is 50.8 Å². The Hall–Kier alpha value is -4.82. The van der Waals surface area contributed by atoms with Crippen LogP contribution >= 0.6 is 0 Å². The summed E-state index contributed by atoms with van der Waals surface area (Å²) in [5, 5.41) is 56.8. The second-order valence-corrected chi connectivity index (χ2v) is 14.6. The summed E-state index contributed by atoms with van der Waals surface area (Å²) in [6, 6.07) is 24.5. The van der Waals surface area contributed by atoms with E-state index in [1.54, 1.807) is 30.3 Å². The molecular weight excluding hydrogens is 776 g/mol. The minimum atomic E-state index is -1.08.